The van der Waals surface area contributed by atoms with Gasteiger partial charge in [-0.05, 0) is 49.1 Å². The molecule has 16 heavy (non-hydrogen) atoms. The number of hydrogen-bond acceptors (Lipinski definition) is 1. The summed E-state index contributed by atoms with van der Waals surface area (Å²) in [6.45, 7) is 18.1. The third-order valence-corrected chi connectivity index (χ3v) is 3.90. The molecule has 0 aliphatic carbocycles. The van der Waals surface area contributed by atoms with Crippen molar-refractivity contribution in [3.8, 4) is 0 Å². The number of likely N-dealkylation sites (tertiary alicyclic amines) is 1. The predicted octanol–water partition coefficient (Wildman–Crippen LogP) is 4.18. The minimum atomic E-state index is 0.499. The molecule has 0 bridgehead atoms. The van der Waals surface area contributed by atoms with Crippen LogP contribution in [0.2, 0.25) is 0 Å². The third-order valence-electron chi connectivity index (χ3n) is 3.90. The average molecular weight is 225 g/mol. The smallest absolute Gasteiger partial charge is 0.00151 e. The lowest BCUT2D eigenvalue weighted by Gasteiger charge is -2.27. The lowest BCUT2D eigenvalue weighted by molar-refractivity contribution is 0.222. The van der Waals surface area contributed by atoms with Crippen molar-refractivity contribution in [2.75, 3.05) is 19.6 Å². The molecule has 1 heteroatoms. The Labute approximate surface area is 103 Å². The van der Waals surface area contributed by atoms with Crippen LogP contribution in [0.1, 0.15) is 60.8 Å². The van der Waals surface area contributed by atoms with E-state index < -0.39 is 0 Å². The second kappa shape index (κ2) is 5.08. The van der Waals surface area contributed by atoms with Gasteiger partial charge in [-0.15, -0.1) is 0 Å². The molecule has 1 fully saturated rings. The summed E-state index contributed by atoms with van der Waals surface area (Å²) in [5, 5.41) is 0. The van der Waals surface area contributed by atoms with Crippen molar-refractivity contribution < 1.29 is 0 Å². The van der Waals surface area contributed by atoms with Gasteiger partial charge in [0.25, 0.3) is 0 Å². The van der Waals surface area contributed by atoms with Crippen molar-refractivity contribution in [3.05, 3.63) is 0 Å². The van der Waals surface area contributed by atoms with Gasteiger partial charge in [0.2, 0.25) is 0 Å². The van der Waals surface area contributed by atoms with Crippen molar-refractivity contribution in [1.29, 1.82) is 0 Å². The van der Waals surface area contributed by atoms with Crippen LogP contribution >= 0.6 is 0 Å². The Morgan fingerprint density at radius 3 is 2.12 bits per heavy atom. The van der Waals surface area contributed by atoms with Crippen LogP contribution in [0.15, 0.2) is 0 Å². The minimum absolute atomic E-state index is 0.499. The first kappa shape index (κ1) is 14.0. The van der Waals surface area contributed by atoms with E-state index in [1.807, 2.05) is 0 Å². The molecule has 0 aromatic carbocycles. The van der Waals surface area contributed by atoms with Gasteiger partial charge in [-0.1, -0.05) is 41.5 Å². The highest BCUT2D eigenvalue weighted by Crippen LogP contribution is 2.33. The standard InChI is InChI=1S/C15H31N/c1-14(2,3)9-7-10-16-11-8-13(12-16)15(4,5)6/h13H,7-12H2,1-6H3. The van der Waals surface area contributed by atoms with E-state index in [-0.39, 0.29) is 0 Å². The van der Waals surface area contributed by atoms with Crippen molar-refractivity contribution in [2.24, 2.45) is 16.7 Å². The molecule has 0 N–H and O–H groups in total. The second-order valence-corrected chi connectivity index (χ2v) is 7.82. The Bertz CT molecular complexity index is 206. The summed E-state index contributed by atoms with van der Waals surface area (Å²) in [7, 11) is 0. The van der Waals surface area contributed by atoms with Crippen LogP contribution in [0.3, 0.4) is 0 Å². The highest BCUT2D eigenvalue weighted by atomic mass is 15.1. The van der Waals surface area contributed by atoms with E-state index >= 15 is 0 Å². The molecule has 1 atom stereocenters. The van der Waals surface area contributed by atoms with Gasteiger partial charge in [0.05, 0.1) is 0 Å². The predicted molar refractivity (Wildman–Crippen MR) is 72.7 cm³/mol. The summed E-state index contributed by atoms with van der Waals surface area (Å²) >= 11 is 0. The van der Waals surface area contributed by atoms with Crippen LogP contribution in [-0.4, -0.2) is 24.5 Å². The fourth-order valence-electron chi connectivity index (χ4n) is 2.58. The van der Waals surface area contributed by atoms with Gasteiger partial charge in [-0.2, -0.15) is 0 Å². The molecule has 0 aromatic heterocycles. The SMILES string of the molecule is CC(C)(C)CCCN1CCC(C(C)(C)C)C1. The van der Waals surface area contributed by atoms with Gasteiger partial charge >= 0.3 is 0 Å². The molecule has 0 saturated carbocycles. The minimum Gasteiger partial charge on any atom is -0.303 e. The molecule has 96 valence electrons. The van der Waals surface area contributed by atoms with Crippen LogP contribution in [0.5, 0.6) is 0 Å². The van der Waals surface area contributed by atoms with Crippen LogP contribution < -0.4 is 0 Å². The highest BCUT2D eigenvalue weighted by Gasteiger charge is 2.31. The van der Waals surface area contributed by atoms with Crippen LogP contribution in [0.25, 0.3) is 0 Å². The summed E-state index contributed by atoms with van der Waals surface area (Å²) in [5.41, 5.74) is 1.00. The number of nitrogens with zero attached hydrogens (tertiary/aromatic N) is 1. The number of rotatable bonds is 3. The Balaban J connectivity index is 2.22. The summed E-state index contributed by atoms with van der Waals surface area (Å²) in [6, 6.07) is 0. The van der Waals surface area contributed by atoms with E-state index in [1.165, 1.54) is 38.9 Å². The molecular weight excluding hydrogens is 194 g/mol. The highest BCUT2D eigenvalue weighted by molar-refractivity contribution is 4.83. The van der Waals surface area contributed by atoms with E-state index in [2.05, 4.69) is 46.4 Å². The molecule has 1 saturated heterocycles. The molecule has 0 spiro atoms. The van der Waals surface area contributed by atoms with E-state index in [0.717, 1.165) is 5.92 Å². The third kappa shape index (κ3) is 4.86. The summed E-state index contributed by atoms with van der Waals surface area (Å²) in [6.07, 6.45) is 4.11. The van der Waals surface area contributed by atoms with Gasteiger partial charge < -0.3 is 4.90 Å². The summed E-state index contributed by atoms with van der Waals surface area (Å²) in [4.78, 5) is 2.67. The van der Waals surface area contributed by atoms with Gasteiger partial charge in [0.1, 0.15) is 0 Å². The zero-order valence-electron chi connectivity index (χ0n) is 12.3. The van der Waals surface area contributed by atoms with Crippen LogP contribution in [0.4, 0.5) is 0 Å². The van der Waals surface area contributed by atoms with Gasteiger partial charge in [-0.25, -0.2) is 0 Å². The monoisotopic (exact) mass is 225 g/mol. The molecule has 1 nitrogen and oxygen atoms in total. The first-order valence-corrected chi connectivity index (χ1v) is 6.91. The second-order valence-electron chi connectivity index (χ2n) is 7.82. The van der Waals surface area contributed by atoms with Gasteiger partial charge in [0, 0.05) is 6.54 Å². The molecule has 1 aliphatic heterocycles. The Morgan fingerprint density at radius 1 is 1.06 bits per heavy atom. The molecule has 0 amide bonds. The Morgan fingerprint density at radius 2 is 1.69 bits per heavy atom. The van der Waals surface area contributed by atoms with Crippen LogP contribution in [0, 0.1) is 16.7 Å². The maximum absolute atomic E-state index is 2.67. The summed E-state index contributed by atoms with van der Waals surface area (Å²) in [5.74, 6) is 0.905. The lowest BCUT2D eigenvalue weighted by Crippen LogP contribution is -2.27. The van der Waals surface area contributed by atoms with Crippen molar-refractivity contribution >= 4 is 0 Å². The zero-order valence-corrected chi connectivity index (χ0v) is 12.3. The fourth-order valence-corrected chi connectivity index (χ4v) is 2.58. The molecular formula is C15H31N. The fraction of sp³-hybridized carbons (Fsp3) is 1.00. The van der Waals surface area contributed by atoms with Crippen molar-refractivity contribution in [1.82, 2.24) is 4.90 Å². The average Bonchev–Trinajstić information content (AvgIpc) is 2.49. The van der Waals surface area contributed by atoms with Crippen molar-refractivity contribution in [3.63, 3.8) is 0 Å². The Hall–Kier alpha value is -0.0400. The van der Waals surface area contributed by atoms with Crippen LogP contribution in [-0.2, 0) is 0 Å². The molecule has 1 heterocycles. The molecule has 1 rings (SSSR count). The maximum atomic E-state index is 2.67. The largest absolute Gasteiger partial charge is 0.303 e. The maximum Gasteiger partial charge on any atom is 0.00151 e. The quantitative estimate of drug-likeness (QED) is 0.696. The lowest BCUT2D eigenvalue weighted by atomic mass is 9.80. The first-order chi connectivity index (χ1) is 7.18. The van der Waals surface area contributed by atoms with E-state index in [9.17, 15) is 0 Å². The molecule has 1 aliphatic rings. The first-order valence-electron chi connectivity index (χ1n) is 6.91. The summed E-state index contributed by atoms with van der Waals surface area (Å²) < 4.78 is 0. The van der Waals surface area contributed by atoms with E-state index in [1.54, 1.807) is 0 Å². The molecule has 1 unspecified atom stereocenters. The van der Waals surface area contributed by atoms with Gasteiger partial charge in [0.15, 0.2) is 0 Å². The molecule has 0 aromatic rings. The van der Waals surface area contributed by atoms with E-state index in [4.69, 9.17) is 0 Å². The Kier molecular flexibility index (Phi) is 4.45. The zero-order chi connectivity index (χ0) is 12.4. The van der Waals surface area contributed by atoms with Crippen molar-refractivity contribution in [2.45, 2.75) is 60.8 Å². The topological polar surface area (TPSA) is 3.24 Å². The molecule has 0 radical (unpaired) electrons. The van der Waals surface area contributed by atoms with E-state index in [0.29, 0.717) is 10.8 Å². The number of hydrogen-bond donors (Lipinski definition) is 0. The van der Waals surface area contributed by atoms with Gasteiger partial charge in [-0.3, -0.25) is 0 Å². The normalized spacial score (nSPS) is 24.0.